The third-order valence-electron chi connectivity index (χ3n) is 9.52. The Morgan fingerprint density at radius 3 is 2.19 bits per heavy atom. The van der Waals surface area contributed by atoms with E-state index in [9.17, 15) is 27.9 Å². The Morgan fingerprint density at radius 2 is 1.61 bits per heavy atom. The molecule has 3 N–H and O–H groups in total. The highest BCUT2D eigenvalue weighted by Gasteiger charge is 2.49. The van der Waals surface area contributed by atoms with Crippen molar-refractivity contribution in [1.29, 1.82) is 0 Å². The molecule has 1 aromatic heterocycles. The number of aliphatic hydroxyl groups is 1. The number of amides is 4. The van der Waals surface area contributed by atoms with Gasteiger partial charge in [-0.15, -0.1) is 9.28 Å². The number of guanidine groups is 1. The summed E-state index contributed by atoms with van der Waals surface area (Å²) < 4.78 is 54.5. The molecular weight excluding hydrogens is 763 g/mol. The smallest absolute Gasteiger partial charge is 0.437 e. The molecule has 19 heteroatoms. The number of alkyl carbamates (subject to hydrolysis) is 1. The minimum atomic E-state index is -4.70. The van der Waals surface area contributed by atoms with Gasteiger partial charge in [0.2, 0.25) is 5.96 Å². The van der Waals surface area contributed by atoms with Crippen molar-refractivity contribution in [3.63, 3.8) is 0 Å². The molecule has 2 aliphatic heterocycles. The van der Waals surface area contributed by atoms with Crippen molar-refractivity contribution in [1.82, 2.24) is 30.8 Å². The summed E-state index contributed by atoms with van der Waals surface area (Å²) in [6.07, 6.45) is 6.14. The number of aromatic nitrogens is 1. The topological polar surface area (TPSA) is 215 Å². The van der Waals surface area contributed by atoms with Gasteiger partial charge in [-0.25, -0.2) is 14.4 Å². The fourth-order valence-electron chi connectivity index (χ4n) is 6.94. The fourth-order valence-corrected chi connectivity index (χ4v) is 7.80. The number of carbonyl (C=O) groups is 3. The zero-order valence-corrected chi connectivity index (χ0v) is 36.4. The SMILES string of the molecule is CCCCN(OS(=O)(=O)ON1C(=O)N2C[C@@H]1CC[C@H]2c1cc([C@@H](O)CN/C(=N/C(=O)OC(C)(C)C)NC(=O)OC(C)(C)C)on1)C(CCC)(CCCC)CCCC. The summed E-state index contributed by atoms with van der Waals surface area (Å²) >= 11 is 0. The zero-order valence-electron chi connectivity index (χ0n) is 35.6. The number of urea groups is 1. The molecule has 0 spiro atoms. The molecule has 0 radical (unpaired) electrons. The summed E-state index contributed by atoms with van der Waals surface area (Å²) in [5.74, 6) is -0.304. The van der Waals surface area contributed by atoms with Gasteiger partial charge in [0, 0.05) is 24.7 Å². The van der Waals surface area contributed by atoms with E-state index < -0.39 is 63.5 Å². The van der Waals surface area contributed by atoms with Crippen LogP contribution in [0.25, 0.3) is 0 Å². The number of hydroxylamine groups is 4. The van der Waals surface area contributed by atoms with Gasteiger partial charge in [0.1, 0.15) is 23.0 Å². The molecule has 0 unspecified atom stereocenters. The number of carbonyl (C=O) groups excluding carboxylic acids is 3. The number of fused-ring (bicyclic) bond motifs is 2. The number of piperidine rings is 1. The van der Waals surface area contributed by atoms with Crippen LogP contribution in [0.2, 0.25) is 0 Å². The molecule has 57 heavy (non-hydrogen) atoms. The quantitative estimate of drug-likeness (QED) is 0.0674. The number of hydrogen-bond acceptors (Lipinski definition) is 13. The van der Waals surface area contributed by atoms with Crippen molar-refractivity contribution in [3.05, 3.63) is 17.5 Å². The molecule has 3 rings (SSSR count). The monoisotopic (exact) mass is 829 g/mol. The van der Waals surface area contributed by atoms with Crippen LogP contribution in [0.5, 0.6) is 0 Å². The predicted octanol–water partition coefficient (Wildman–Crippen LogP) is 7.18. The second-order valence-corrected chi connectivity index (χ2v) is 17.9. The van der Waals surface area contributed by atoms with Crippen LogP contribution < -0.4 is 10.6 Å². The van der Waals surface area contributed by atoms with E-state index in [-0.39, 0.29) is 24.8 Å². The van der Waals surface area contributed by atoms with Crippen molar-refractivity contribution in [2.24, 2.45) is 4.99 Å². The van der Waals surface area contributed by atoms with E-state index in [2.05, 4.69) is 41.6 Å². The Kier molecular flexibility index (Phi) is 17.6. The Morgan fingerprint density at radius 1 is 0.982 bits per heavy atom. The van der Waals surface area contributed by atoms with Crippen LogP contribution in [-0.4, -0.2) is 100 Å². The highest BCUT2D eigenvalue weighted by molar-refractivity contribution is 7.81. The lowest BCUT2D eigenvalue weighted by molar-refractivity contribution is -0.172. The van der Waals surface area contributed by atoms with E-state index in [0.29, 0.717) is 25.1 Å². The van der Waals surface area contributed by atoms with Crippen molar-refractivity contribution in [2.75, 3.05) is 19.6 Å². The van der Waals surface area contributed by atoms with E-state index in [4.69, 9.17) is 22.6 Å². The molecule has 0 aliphatic carbocycles. The number of ether oxygens (including phenoxy) is 2. The predicted molar refractivity (Wildman–Crippen MR) is 212 cm³/mol. The maximum absolute atomic E-state index is 13.7. The normalized spacial score (nSPS) is 18.6. The molecule has 2 aliphatic rings. The maximum Gasteiger partial charge on any atom is 0.437 e. The Labute approximate surface area is 338 Å². The zero-order chi connectivity index (χ0) is 42.6. The molecule has 4 amide bonds. The molecule has 0 aromatic carbocycles. The Balaban J connectivity index is 1.73. The fraction of sp³-hybridized carbons (Fsp3) is 0.816. The van der Waals surface area contributed by atoms with Gasteiger partial charge in [-0.2, -0.15) is 22.8 Å². The van der Waals surface area contributed by atoms with Crippen LogP contribution in [0.4, 0.5) is 14.4 Å². The van der Waals surface area contributed by atoms with Crippen LogP contribution in [-0.2, 0) is 28.4 Å². The lowest BCUT2D eigenvalue weighted by atomic mass is 9.82. The molecule has 2 saturated heterocycles. The lowest BCUT2D eigenvalue weighted by Gasteiger charge is -2.43. The Hall–Kier alpha value is -3.52. The van der Waals surface area contributed by atoms with Crippen LogP contribution in [0.1, 0.15) is 170 Å². The minimum Gasteiger partial charge on any atom is -0.444 e. The number of unbranched alkanes of at least 4 members (excludes halogenated alkanes) is 3. The molecule has 0 saturated carbocycles. The lowest BCUT2D eigenvalue weighted by Crippen LogP contribution is -2.51. The third-order valence-corrected chi connectivity index (χ3v) is 10.2. The molecule has 3 heterocycles. The van der Waals surface area contributed by atoms with Gasteiger partial charge in [-0.3, -0.25) is 5.32 Å². The number of aliphatic hydroxyl groups excluding tert-OH is 1. The van der Waals surface area contributed by atoms with E-state index in [1.165, 1.54) is 11.0 Å². The summed E-state index contributed by atoms with van der Waals surface area (Å²) in [7, 11) is -4.70. The van der Waals surface area contributed by atoms with Crippen molar-refractivity contribution < 1.29 is 50.5 Å². The van der Waals surface area contributed by atoms with Crippen molar-refractivity contribution >= 4 is 34.6 Å². The highest BCUT2D eigenvalue weighted by Crippen LogP contribution is 2.40. The van der Waals surface area contributed by atoms with Gasteiger partial charge in [0.15, 0.2) is 5.76 Å². The van der Waals surface area contributed by atoms with E-state index in [0.717, 1.165) is 69.3 Å². The van der Waals surface area contributed by atoms with Crippen LogP contribution in [0.3, 0.4) is 0 Å². The number of hydrogen-bond donors (Lipinski definition) is 3. The van der Waals surface area contributed by atoms with E-state index >= 15 is 0 Å². The van der Waals surface area contributed by atoms with Crippen LogP contribution in [0.15, 0.2) is 15.6 Å². The van der Waals surface area contributed by atoms with Crippen LogP contribution in [0, 0.1) is 0 Å². The molecule has 1 aromatic rings. The van der Waals surface area contributed by atoms with Gasteiger partial charge in [-0.05, 0) is 80.1 Å². The second-order valence-electron chi connectivity index (χ2n) is 16.8. The first-order valence-electron chi connectivity index (χ1n) is 20.4. The maximum atomic E-state index is 13.7. The van der Waals surface area contributed by atoms with Gasteiger partial charge in [0.25, 0.3) is 0 Å². The number of nitrogens with one attached hydrogen (secondary N) is 2. The standard InChI is InChI=1S/C38H67N7O11S/c1-11-15-21-38(20-14-4,22-16-12-2)44(23-17-13-3)55-57(50,51)56-45-27-18-19-29(43(26-27)35(45)49)28-24-31(54-42-28)30(46)25-39-32(40-33(47)52-36(5,6)7)41-34(48)53-37(8,9)10/h24,27,29-30,46H,11-23,25-26H2,1-10H3,(H2,39,40,41,47,48)/t27-,29-,30-/m0/s1. The summed E-state index contributed by atoms with van der Waals surface area (Å²) in [4.78, 5) is 43.8. The average Bonchev–Trinajstić information content (AvgIpc) is 3.68. The van der Waals surface area contributed by atoms with Crippen molar-refractivity contribution in [3.8, 4) is 0 Å². The number of nitrogens with zero attached hydrogens (tertiary/aromatic N) is 5. The van der Waals surface area contributed by atoms with Gasteiger partial charge in [0.05, 0.1) is 18.6 Å². The average molecular weight is 830 g/mol. The third kappa shape index (κ3) is 14.7. The first-order valence-corrected chi connectivity index (χ1v) is 21.7. The van der Waals surface area contributed by atoms with Crippen LogP contribution >= 0.6 is 0 Å². The van der Waals surface area contributed by atoms with Gasteiger partial charge < -0.3 is 29.3 Å². The van der Waals surface area contributed by atoms with E-state index in [1.807, 2.05) is 6.92 Å². The number of aliphatic imine (C=N–C) groups is 1. The number of rotatable bonds is 20. The van der Waals surface area contributed by atoms with Crippen molar-refractivity contribution in [2.45, 2.75) is 181 Å². The summed E-state index contributed by atoms with van der Waals surface area (Å²) in [5, 5.41) is 22.7. The molecule has 326 valence electrons. The first-order chi connectivity index (χ1) is 26.7. The summed E-state index contributed by atoms with van der Waals surface area (Å²) in [6.45, 7) is 18.6. The molecule has 3 atom stereocenters. The molecular formula is C38H67N7O11S. The summed E-state index contributed by atoms with van der Waals surface area (Å²) in [5.41, 5.74) is -1.84. The molecule has 18 nitrogen and oxygen atoms in total. The molecule has 2 fully saturated rings. The first kappa shape index (κ1) is 47.9. The second kappa shape index (κ2) is 20.9. The highest BCUT2D eigenvalue weighted by atomic mass is 32.3. The van der Waals surface area contributed by atoms with Gasteiger partial charge >= 0.3 is 28.6 Å². The van der Waals surface area contributed by atoms with E-state index in [1.54, 1.807) is 46.6 Å². The largest absolute Gasteiger partial charge is 0.444 e. The summed E-state index contributed by atoms with van der Waals surface area (Å²) in [6, 6.07) is -0.304. The van der Waals surface area contributed by atoms with Gasteiger partial charge in [-0.1, -0.05) is 71.4 Å². The Bertz CT molecular complexity index is 1600. The minimum absolute atomic E-state index is 0.0260. The molecule has 2 bridgehead atoms.